The molecule has 19 heavy (non-hydrogen) atoms. The predicted molar refractivity (Wildman–Crippen MR) is 63.2 cm³/mol. The van der Waals surface area contributed by atoms with Gasteiger partial charge >= 0.3 is 0 Å². The fraction of sp³-hybridized carbons (Fsp3) is 0. The summed E-state index contributed by atoms with van der Waals surface area (Å²) < 4.78 is 31.4. The summed E-state index contributed by atoms with van der Waals surface area (Å²) in [6, 6.07) is 5.88. The Balaban J connectivity index is 2.38. The molecule has 1 aromatic carbocycles. The van der Waals surface area contributed by atoms with Gasteiger partial charge in [0.2, 0.25) is 5.88 Å². The maximum Gasteiger partial charge on any atom is 0.230 e. The molecule has 0 spiro atoms. The normalized spacial score (nSPS) is 11.4. The number of amidine groups is 1. The minimum Gasteiger partial charge on any atom is -0.435 e. The molecule has 0 unspecified atom stereocenters. The Morgan fingerprint density at radius 1 is 1.32 bits per heavy atom. The van der Waals surface area contributed by atoms with E-state index in [-0.39, 0.29) is 23.0 Å². The molecule has 1 aromatic heterocycles. The lowest BCUT2D eigenvalue weighted by molar-refractivity contribution is 0.318. The molecule has 3 N–H and O–H groups in total. The minimum atomic E-state index is -0.879. The number of hydrogen-bond acceptors (Lipinski definition) is 4. The Hall–Kier alpha value is -2.70. The zero-order valence-corrected chi connectivity index (χ0v) is 9.55. The summed E-state index contributed by atoms with van der Waals surface area (Å²) in [4.78, 5) is 3.85. The molecule has 0 saturated heterocycles. The molecule has 5 nitrogen and oxygen atoms in total. The van der Waals surface area contributed by atoms with Crippen LogP contribution in [0.3, 0.4) is 0 Å². The molecule has 98 valence electrons. The molecule has 0 saturated carbocycles. The maximum atomic E-state index is 13.4. The van der Waals surface area contributed by atoms with Crippen molar-refractivity contribution < 1.29 is 18.7 Å². The lowest BCUT2D eigenvalue weighted by Gasteiger charge is -2.09. The van der Waals surface area contributed by atoms with Crippen LogP contribution in [-0.2, 0) is 0 Å². The highest BCUT2D eigenvalue weighted by Crippen LogP contribution is 2.25. The number of aromatic nitrogens is 1. The molecule has 7 heteroatoms. The number of rotatable bonds is 3. The van der Waals surface area contributed by atoms with Crippen molar-refractivity contribution in [1.29, 1.82) is 0 Å². The monoisotopic (exact) mass is 265 g/mol. The fourth-order valence-corrected chi connectivity index (χ4v) is 1.38. The summed E-state index contributed by atoms with van der Waals surface area (Å²) in [6.45, 7) is 0. The van der Waals surface area contributed by atoms with Crippen LogP contribution in [0.4, 0.5) is 8.78 Å². The van der Waals surface area contributed by atoms with Crippen molar-refractivity contribution in [2.24, 2.45) is 10.9 Å². The highest BCUT2D eigenvalue weighted by atomic mass is 19.1. The summed E-state index contributed by atoms with van der Waals surface area (Å²) in [6.07, 6.45) is 1.39. The van der Waals surface area contributed by atoms with Crippen molar-refractivity contribution in [1.82, 2.24) is 4.98 Å². The second-order valence-corrected chi connectivity index (χ2v) is 3.52. The van der Waals surface area contributed by atoms with Crippen molar-refractivity contribution in [2.75, 3.05) is 0 Å². The molecule has 0 atom stereocenters. The highest BCUT2D eigenvalue weighted by Gasteiger charge is 2.13. The van der Waals surface area contributed by atoms with Gasteiger partial charge in [0.15, 0.2) is 17.4 Å². The smallest absolute Gasteiger partial charge is 0.230 e. The second kappa shape index (κ2) is 5.30. The first-order valence-electron chi connectivity index (χ1n) is 5.17. The lowest BCUT2D eigenvalue weighted by atomic mass is 10.2. The van der Waals surface area contributed by atoms with Crippen LogP contribution in [0, 0.1) is 11.6 Å². The zero-order chi connectivity index (χ0) is 13.8. The quantitative estimate of drug-likeness (QED) is 0.386. The van der Waals surface area contributed by atoms with Gasteiger partial charge in [-0.1, -0.05) is 5.16 Å². The van der Waals surface area contributed by atoms with E-state index in [4.69, 9.17) is 15.7 Å². The summed E-state index contributed by atoms with van der Waals surface area (Å²) in [7, 11) is 0. The van der Waals surface area contributed by atoms with Crippen LogP contribution in [0.5, 0.6) is 11.6 Å². The standard InChI is InChI=1S/C12H9F2N3O2/c13-7-3-4-10(9(14)6-7)19-12-8(11(15)17-18)2-1-5-16-12/h1-6,18H,(H2,15,17). The van der Waals surface area contributed by atoms with Crippen LogP contribution < -0.4 is 10.5 Å². The van der Waals surface area contributed by atoms with Crippen LogP contribution >= 0.6 is 0 Å². The Kier molecular flexibility index (Phi) is 3.56. The fourth-order valence-electron chi connectivity index (χ4n) is 1.38. The minimum absolute atomic E-state index is 0.0525. The largest absolute Gasteiger partial charge is 0.435 e. The third-order valence-electron chi connectivity index (χ3n) is 2.26. The Labute approximate surface area is 107 Å². The molecular formula is C12H9F2N3O2. The number of oxime groups is 1. The average molecular weight is 265 g/mol. The van der Waals surface area contributed by atoms with E-state index >= 15 is 0 Å². The van der Waals surface area contributed by atoms with Crippen LogP contribution in [0.2, 0.25) is 0 Å². The van der Waals surface area contributed by atoms with E-state index in [1.54, 1.807) is 6.07 Å². The Morgan fingerprint density at radius 3 is 2.79 bits per heavy atom. The zero-order valence-electron chi connectivity index (χ0n) is 9.55. The lowest BCUT2D eigenvalue weighted by Crippen LogP contribution is -2.14. The van der Waals surface area contributed by atoms with E-state index in [0.717, 1.165) is 12.1 Å². The van der Waals surface area contributed by atoms with Crippen LogP contribution in [0.25, 0.3) is 0 Å². The van der Waals surface area contributed by atoms with E-state index in [1.165, 1.54) is 12.3 Å². The van der Waals surface area contributed by atoms with Gasteiger partial charge in [-0.2, -0.15) is 0 Å². The number of halogens is 2. The van der Waals surface area contributed by atoms with Crippen LogP contribution in [0.15, 0.2) is 41.7 Å². The first-order chi connectivity index (χ1) is 9.11. The molecule has 0 bridgehead atoms. The number of pyridine rings is 1. The first-order valence-corrected chi connectivity index (χ1v) is 5.17. The van der Waals surface area contributed by atoms with Gasteiger partial charge in [-0.05, 0) is 24.3 Å². The van der Waals surface area contributed by atoms with Gasteiger partial charge in [0.1, 0.15) is 5.82 Å². The van der Waals surface area contributed by atoms with Gasteiger partial charge in [-0.15, -0.1) is 0 Å². The molecule has 0 aliphatic carbocycles. The van der Waals surface area contributed by atoms with E-state index in [2.05, 4.69) is 10.1 Å². The number of nitrogens with two attached hydrogens (primary N) is 1. The molecule has 0 aliphatic rings. The maximum absolute atomic E-state index is 13.4. The van der Waals surface area contributed by atoms with Gasteiger partial charge in [-0.25, -0.2) is 13.8 Å². The van der Waals surface area contributed by atoms with Crippen molar-refractivity contribution in [3.8, 4) is 11.6 Å². The SMILES string of the molecule is N/C(=N\O)c1cccnc1Oc1ccc(F)cc1F. The van der Waals surface area contributed by atoms with Crippen LogP contribution in [-0.4, -0.2) is 16.0 Å². The van der Waals surface area contributed by atoms with Gasteiger partial charge in [0.05, 0.1) is 5.56 Å². The molecule has 0 amide bonds. The molecule has 0 aliphatic heterocycles. The first kappa shape index (κ1) is 12.7. The van der Waals surface area contributed by atoms with Gasteiger partial charge in [0.25, 0.3) is 0 Å². The molecule has 0 fully saturated rings. The van der Waals surface area contributed by atoms with Crippen molar-refractivity contribution in [2.45, 2.75) is 0 Å². The van der Waals surface area contributed by atoms with E-state index in [0.29, 0.717) is 6.07 Å². The molecule has 2 rings (SSSR count). The van der Waals surface area contributed by atoms with Crippen molar-refractivity contribution >= 4 is 5.84 Å². The summed E-state index contributed by atoms with van der Waals surface area (Å²) in [5.74, 6) is -2.10. The van der Waals surface area contributed by atoms with Crippen molar-refractivity contribution in [3.05, 3.63) is 53.7 Å². The van der Waals surface area contributed by atoms with Gasteiger partial charge in [0, 0.05) is 12.3 Å². The van der Waals surface area contributed by atoms with E-state index < -0.39 is 11.6 Å². The highest BCUT2D eigenvalue weighted by molar-refractivity contribution is 5.99. The van der Waals surface area contributed by atoms with Crippen molar-refractivity contribution in [3.63, 3.8) is 0 Å². The average Bonchev–Trinajstić information content (AvgIpc) is 2.41. The number of benzene rings is 1. The molecule has 0 radical (unpaired) electrons. The summed E-state index contributed by atoms with van der Waals surface area (Å²) in [5.41, 5.74) is 5.63. The summed E-state index contributed by atoms with van der Waals surface area (Å²) >= 11 is 0. The number of ether oxygens (including phenoxy) is 1. The molecular weight excluding hydrogens is 256 g/mol. The van der Waals surface area contributed by atoms with Gasteiger partial charge < -0.3 is 15.7 Å². The van der Waals surface area contributed by atoms with Crippen LogP contribution in [0.1, 0.15) is 5.56 Å². The third kappa shape index (κ3) is 2.76. The van der Waals surface area contributed by atoms with E-state index in [1.807, 2.05) is 0 Å². The predicted octanol–water partition coefficient (Wildman–Crippen LogP) is 2.25. The molecule has 2 aromatic rings. The number of nitrogens with zero attached hydrogens (tertiary/aromatic N) is 2. The number of hydrogen-bond donors (Lipinski definition) is 2. The summed E-state index contributed by atoms with van der Waals surface area (Å²) in [5, 5.41) is 11.4. The Bertz CT molecular complexity index is 632. The second-order valence-electron chi connectivity index (χ2n) is 3.52. The third-order valence-corrected chi connectivity index (χ3v) is 2.26. The van der Waals surface area contributed by atoms with E-state index in [9.17, 15) is 8.78 Å². The Morgan fingerprint density at radius 2 is 2.11 bits per heavy atom. The molecule has 1 heterocycles. The van der Waals surface area contributed by atoms with Gasteiger partial charge in [-0.3, -0.25) is 0 Å². The topological polar surface area (TPSA) is 80.7 Å².